The normalized spacial score (nSPS) is 14.5. The highest BCUT2D eigenvalue weighted by molar-refractivity contribution is 6.74. The lowest BCUT2D eigenvalue weighted by Gasteiger charge is -2.36. The molecule has 1 rings (SSSR count). The summed E-state index contributed by atoms with van der Waals surface area (Å²) in [7, 11) is -1.83. The van der Waals surface area contributed by atoms with Gasteiger partial charge < -0.3 is 20.2 Å². The molecule has 0 bridgehead atoms. The molecule has 0 fully saturated rings. The predicted molar refractivity (Wildman–Crippen MR) is 107 cm³/mol. The Hall–Kier alpha value is -1.69. The summed E-state index contributed by atoms with van der Waals surface area (Å²) in [5, 5.41) is 15.1. The molecule has 3 N–H and O–H groups in total. The van der Waals surface area contributed by atoms with Gasteiger partial charge in [-0.1, -0.05) is 41.0 Å². The predicted octanol–water partition coefficient (Wildman–Crippen LogP) is 5.16. The van der Waals surface area contributed by atoms with Crippen molar-refractivity contribution in [2.24, 2.45) is 5.92 Å². The summed E-state index contributed by atoms with van der Waals surface area (Å²) in [6, 6.07) is 7.80. The second kappa shape index (κ2) is 8.60. The van der Waals surface area contributed by atoms with E-state index in [9.17, 15) is 4.79 Å². The van der Waals surface area contributed by atoms with E-state index >= 15 is 0 Å². The van der Waals surface area contributed by atoms with E-state index < -0.39 is 14.4 Å². The number of carbonyl (C=O) groups is 1. The molecule has 142 valence electrons. The summed E-state index contributed by atoms with van der Waals surface area (Å²) in [5.74, 6) is 1.16. The van der Waals surface area contributed by atoms with E-state index in [2.05, 4.69) is 58.3 Å². The fourth-order valence-corrected chi connectivity index (χ4v) is 3.19. The largest absolute Gasteiger partial charge is 0.544 e. The second-order valence-electron chi connectivity index (χ2n) is 8.21. The Kier molecular flexibility index (Phi) is 7.35. The highest BCUT2D eigenvalue weighted by atomic mass is 28.4. The lowest BCUT2D eigenvalue weighted by atomic mass is 9.99. The number of hydrogen-bond acceptors (Lipinski definition) is 3. The molecule has 0 aliphatic carbocycles. The topological polar surface area (TPSA) is 70.6 Å². The summed E-state index contributed by atoms with van der Waals surface area (Å²) in [6.45, 7) is 15.8. The fourth-order valence-electron chi connectivity index (χ4n) is 2.15. The van der Waals surface area contributed by atoms with Crippen LogP contribution < -0.4 is 15.1 Å². The molecule has 0 heterocycles. The van der Waals surface area contributed by atoms with Crippen molar-refractivity contribution in [1.29, 1.82) is 0 Å². The SMILES string of the molecule is CC[C@H](C)[C@@H](CNc1ccc(O[Si](C)(C)C(C)(C)C)cc1)NC(=O)O. The van der Waals surface area contributed by atoms with Gasteiger partial charge in [0.1, 0.15) is 5.75 Å². The summed E-state index contributed by atoms with van der Waals surface area (Å²) < 4.78 is 6.28. The van der Waals surface area contributed by atoms with Crippen molar-refractivity contribution in [3.8, 4) is 5.75 Å². The van der Waals surface area contributed by atoms with Gasteiger partial charge in [0.05, 0.1) is 6.04 Å². The van der Waals surface area contributed by atoms with Crippen molar-refractivity contribution in [3.63, 3.8) is 0 Å². The van der Waals surface area contributed by atoms with Crippen molar-refractivity contribution in [2.45, 2.75) is 65.2 Å². The summed E-state index contributed by atoms with van der Waals surface area (Å²) in [4.78, 5) is 10.9. The zero-order valence-electron chi connectivity index (χ0n) is 16.6. The Morgan fingerprint density at radius 2 is 1.80 bits per heavy atom. The minimum atomic E-state index is -1.83. The van der Waals surface area contributed by atoms with Crippen LogP contribution in [0.3, 0.4) is 0 Å². The zero-order chi connectivity index (χ0) is 19.3. The third kappa shape index (κ3) is 6.61. The van der Waals surface area contributed by atoms with Crippen LogP contribution in [0.4, 0.5) is 10.5 Å². The van der Waals surface area contributed by atoms with Crippen LogP contribution in [0.25, 0.3) is 0 Å². The molecule has 0 aliphatic heterocycles. The van der Waals surface area contributed by atoms with Gasteiger partial charge in [-0.15, -0.1) is 0 Å². The quantitative estimate of drug-likeness (QED) is 0.555. The molecule has 0 saturated heterocycles. The van der Waals surface area contributed by atoms with Crippen LogP contribution >= 0.6 is 0 Å². The average molecular weight is 367 g/mol. The van der Waals surface area contributed by atoms with E-state index in [-0.39, 0.29) is 17.0 Å². The summed E-state index contributed by atoms with van der Waals surface area (Å²) >= 11 is 0. The van der Waals surface area contributed by atoms with Crippen molar-refractivity contribution in [1.82, 2.24) is 5.32 Å². The molecule has 0 radical (unpaired) electrons. The molecule has 0 unspecified atom stereocenters. The molecule has 5 nitrogen and oxygen atoms in total. The number of hydrogen-bond donors (Lipinski definition) is 3. The molecule has 0 aromatic heterocycles. The van der Waals surface area contributed by atoms with Crippen LogP contribution in [0.5, 0.6) is 5.75 Å². The molecular formula is C19H34N2O3Si. The smallest absolute Gasteiger partial charge is 0.404 e. The zero-order valence-corrected chi connectivity index (χ0v) is 17.6. The van der Waals surface area contributed by atoms with E-state index in [1.807, 2.05) is 24.3 Å². The first-order chi connectivity index (χ1) is 11.5. The minimum absolute atomic E-state index is 0.120. The average Bonchev–Trinajstić information content (AvgIpc) is 2.50. The Morgan fingerprint density at radius 3 is 2.24 bits per heavy atom. The molecule has 1 amide bonds. The summed E-state index contributed by atoms with van der Waals surface area (Å²) in [5.41, 5.74) is 0.961. The molecule has 6 heteroatoms. The van der Waals surface area contributed by atoms with E-state index in [0.717, 1.165) is 17.9 Å². The van der Waals surface area contributed by atoms with Crippen LogP contribution in [-0.4, -0.2) is 32.1 Å². The van der Waals surface area contributed by atoms with Gasteiger partial charge >= 0.3 is 6.09 Å². The highest BCUT2D eigenvalue weighted by Crippen LogP contribution is 2.37. The van der Waals surface area contributed by atoms with Gasteiger partial charge in [0.15, 0.2) is 0 Å². The van der Waals surface area contributed by atoms with Crippen LogP contribution in [0.15, 0.2) is 24.3 Å². The highest BCUT2D eigenvalue weighted by Gasteiger charge is 2.38. The van der Waals surface area contributed by atoms with Gasteiger partial charge in [-0.05, 0) is 48.3 Å². The number of anilines is 1. The van der Waals surface area contributed by atoms with Gasteiger partial charge in [-0.2, -0.15) is 0 Å². The molecule has 2 atom stereocenters. The van der Waals surface area contributed by atoms with Crippen LogP contribution in [-0.2, 0) is 0 Å². The molecule has 0 aliphatic rings. The molecular weight excluding hydrogens is 332 g/mol. The maximum atomic E-state index is 10.9. The Labute approximate surface area is 153 Å². The van der Waals surface area contributed by atoms with Crippen LogP contribution in [0.2, 0.25) is 18.1 Å². The molecule has 0 saturated carbocycles. The van der Waals surface area contributed by atoms with Gasteiger partial charge in [0.25, 0.3) is 0 Å². The third-order valence-corrected chi connectivity index (χ3v) is 9.56. The van der Waals surface area contributed by atoms with E-state index in [0.29, 0.717) is 6.54 Å². The molecule has 1 aromatic rings. The van der Waals surface area contributed by atoms with Crippen molar-refractivity contribution in [3.05, 3.63) is 24.3 Å². The van der Waals surface area contributed by atoms with Gasteiger partial charge in [-0.25, -0.2) is 4.79 Å². The van der Waals surface area contributed by atoms with Crippen molar-refractivity contribution < 1.29 is 14.3 Å². The Balaban J connectivity index is 2.69. The van der Waals surface area contributed by atoms with E-state index in [1.54, 1.807) is 0 Å². The van der Waals surface area contributed by atoms with E-state index in [1.165, 1.54) is 0 Å². The number of carboxylic acid groups (broad SMARTS) is 1. The minimum Gasteiger partial charge on any atom is -0.544 e. The Morgan fingerprint density at radius 1 is 1.24 bits per heavy atom. The third-order valence-electron chi connectivity index (χ3n) is 5.20. The lowest BCUT2D eigenvalue weighted by Crippen LogP contribution is -2.43. The molecule has 1 aromatic carbocycles. The fraction of sp³-hybridized carbons (Fsp3) is 0.632. The first-order valence-electron chi connectivity index (χ1n) is 8.98. The number of nitrogens with one attached hydrogen (secondary N) is 2. The van der Waals surface area contributed by atoms with Gasteiger partial charge in [-0.3, -0.25) is 0 Å². The van der Waals surface area contributed by atoms with Crippen molar-refractivity contribution >= 4 is 20.1 Å². The van der Waals surface area contributed by atoms with Gasteiger partial charge in [0.2, 0.25) is 8.32 Å². The number of rotatable bonds is 8. The van der Waals surface area contributed by atoms with Crippen molar-refractivity contribution in [2.75, 3.05) is 11.9 Å². The van der Waals surface area contributed by atoms with E-state index in [4.69, 9.17) is 9.53 Å². The first kappa shape index (κ1) is 21.3. The number of amides is 1. The lowest BCUT2D eigenvalue weighted by molar-refractivity contribution is 0.185. The maximum Gasteiger partial charge on any atom is 0.404 e. The van der Waals surface area contributed by atoms with Crippen LogP contribution in [0, 0.1) is 5.92 Å². The monoisotopic (exact) mass is 366 g/mol. The second-order valence-corrected chi connectivity index (χ2v) is 12.9. The Bertz CT molecular complexity index is 553. The molecule has 0 spiro atoms. The maximum absolute atomic E-state index is 10.9. The number of benzene rings is 1. The molecule has 25 heavy (non-hydrogen) atoms. The van der Waals surface area contributed by atoms with Crippen LogP contribution in [0.1, 0.15) is 41.0 Å². The first-order valence-corrected chi connectivity index (χ1v) is 11.9. The summed E-state index contributed by atoms with van der Waals surface area (Å²) in [6.07, 6.45) is -0.0587. The standard InChI is InChI=1S/C19H34N2O3Si/c1-8-14(2)17(21-18(22)23)13-20-15-9-11-16(12-10-15)24-25(6,7)19(3,4)5/h9-12,14,17,20-21H,8,13H2,1-7H3,(H,22,23)/t14-,17+/m0/s1. The van der Waals surface area contributed by atoms with Gasteiger partial charge in [0, 0.05) is 12.2 Å².